The Labute approximate surface area is 169 Å². The lowest BCUT2D eigenvalue weighted by atomic mass is 10.1. The summed E-state index contributed by atoms with van der Waals surface area (Å²) in [7, 11) is 0. The van der Waals surface area contributed by atoms with E-state index < -0.39 is 11.9 Å². The van der Waals surface area contributed by atoms with Crippen molar-refractivity contribution in [1.82, 2.24) is 0 Å². The van der Waals surface area contributed by atoms with Crippen molar-refractivity contribution in [2.45, 2.75) is 20.8 Å². The summed E-state index contributed by atoms with van der Waals surface area (Å²) in [4.78, 5) is 24.6. The number of hydrogen-bond donors (Lipinski definition) is 0. The van der Waals surface area contributed by atoms with Gasteiger partial charge in [0.1, 0.15) is 17.2 Å². The van der Waals surface area contributed by atoms with Crippen LogP contribution in [0.15, 0.2) is 66.7 Å². The molecule has 0 aromatic heterocycles. The van der Waals surface area contributed by atoms with Gasteiger partial charge in [0.05, 0.1) is 17.7 Å². The van der Waals surface area contributed by atoms with E-state index in [9.17, 15) is 9.59 Å². The molecule has 0 unspecified atom stereocenters. The number of ether oxygens (including phenoxy) is 3. The second-order valence-electron chi connectivity index (χ2n) is 6.53. The van der Waals surface area contributed by atoms with E-state index in [2.05, 4.69) is 0 Å². The first kappa shape index (κ1) is 20.1. The molecular weight excluding hydrogens is 368 g/mol. The van der Waals surface area contributed by atoms with Gasteiger partial charge in [0, 0.05) is 0 Å². The fourth-order valence-corrected chi connectivity index (χ4v) is 2.67. The summed E-state index contributed by atoms with van der Waals surface area (Å²) in [5.41, 5.74) is 2.64. The van der Waals surface area contributed by atoms with Crippen LogP contribution in [0.25, 0.3) is 0 Å². The van der Waals surface area contributed by atoms with Crippen molar-refractivity contribution in [2.75, 3.05) is 6.61 Å². The highest BCUT2D eigenvalue weighted by Gasteiger charge is 2.13. The molecule has 0 N–H and O–H groups in total. The summed E-state index contributed by atoms with van der Waals surface area (Å²) in [6.07, 6.45) is 0. The Kier molecular flexibility index (Phi) is 6.29. The lowest BCUT2D eigenvalue weighted by Gasteiger charge is -2.10. The van der Waals surface area contributed by atoms with Gasteiger partial charge in [-0.25, -0.2) is 9.59 Å². The molecule has 0 spiro atoms. The molecule has 3 rings (SSSR count). The molecule has 0 bridgehead atoms. The molecule has 0 heterocycles. The molecule has 0 saturated heterocycles. The molecule has 0 amide bonds. The van der Waals surface area contributed by atoms with Gasteiger partial charge in [0.25, 0.3) is 0 Å². The fourth-order valence-electron chi connectivity index (χ4n) is 2.67. The maximum absolute atomic E-state index is 12.4. The lowest BCUT2D eigenvalue weighted by Crippen LogP contribution is -2.10. The average Bonchev–Trinajstić information content (AvgIpc) is 2.71. The predicted octanol–water partition coefficient (Wildman–Crippen LogP) is 5.14. The third kappa shape index (κ3) is 5.23. The molecule has 3 aromatic carbocycles. The van der Waals surface area contributed by atoms with Gasteiger partial charge in [-0.3, -0.25) is 0 Å². The maximum atomic E-state index is 12.4. The second kappa shape index (κ2) is 9.06. The number of rotatable bonds is 6. The third-order valence-corrected chi connectivity index (χ3v) is 4.25. The molecule has 29 heavy (non-hydrogen) atoms. The number of carbonyl (C=O) groups excluding carboxylic acids is 2. The zero-order valence-electron chi connectivity index (χ0n) is 16.6. The van der Waals surface area contributed by atoms with Crippen LogP contribution >= 0.6 is 0 Å². The van der Waals surface area contributed by atoms with Crippen molar-refractivity contribution in [3.8, 4) is 17.2 Å². The Morgan fingerprint density at radius 1 is 0.724 bits per heavy atom. The molecule has 0 radical (unpaired) electrons. The van der Waals surface area contributed by atoms with Crippen molar-refractivity contribution in [2.24, 2.45) is 0 Å². The van der Waals surface area contributed by atoms with E-state index >= 15 is 0 Å². The van der Waals surface area contributed by atoms with Crippen LogP contribution in [0.3, 0.4) is 0 Å². The van der Waals surface area contributed by atoms with E-state index in [-0.39, 0.29) is 0 Å². The Hall–Kier alpha value is -3.60. The molecule has 0 fully saturated rings. The Balaban J connectivity index is 1.66. The SMILES string of the molecule is CCOc1ccc(C(=O)Oc2ccc(OC(=O)c3ccc(C)cc3)cc2C)cc1. The van der Waals surface area contributed by atoms with Crippen molar-refractivity contribution in [3.05, 3.63) is 89.0 Å². The third-order valence-electron chi connectivity index (χ3n) is 4.25. The Bertz CT molecular complexity index is 1000. The molecule has 5 nitrogen and oxygen atoms in total. The smallest absolute Gasteiger partial charge is 0.343 e. The van der Waals surface area contributed by atoms with E-state index in [1.807, 2.05) is 26.0 Å². The summed E-state index contributed by atoms with van der Waals surface area (Å²) in [6.45, 7) is 6.19. The van der Waals surface area contributed by atoms with Crippen LogP contribution in [0.4, 0.5) is 0 Å². The van der Waals surface area contributed by atoms with Crippen LogP contribution in [-0.2, 0) is 0 Å². The van der Waals surface area contributed by atoms with E-state index in [4.69, 9.17) is 14.2 Å². The topological polar surface area (TPSA) is 61.8 Å². The van der Waals surface area contributed by atoms with Gasteiger partial charge in [-0.15, -0.1) is 0 Å². The van der Waals surface area contributed by atoms with Crippen LogP contribution in [0.5, 0.6) is 17.2 Å². The fraction of sp³-hybridized carbons (Fsp3) is 0.167. The molecule has 0 saturated carbocycles. The Morgan fingerprint density at radius 2 is 1.28 bits per heavy atom. The minimum atomic E-state index is -0.472. The monoisotopic (exact) mass is 390 g/mol. The second-order valence-corrected chi connectivity index (χ2v) is 6.53. The van der Waals surface area contributed by atoms with Crippen molar-refractivity contribution in [1.29, 1.82) is 0 Å². The van der Waals surface area contributed by atoms with Gasteiger partial charge in [0.15, 0.2) is 0 Å². The average molecular weight is 390 g/mol. The molecular formula is C24H22O5. The molecule has 0 aliphatic rings. The van der Waals surface area contributed by atoms with E-state index in [0.29, 0.717) is 40.5 Å². The number of esters is 2. The molecule has 148 valence electrons. The van der Waals surface area contributed by atoms with E-state index in [1.54, 1.807) is 61.5 Å². The lowest BCUT2D eigenvalue weighted by molar-refractivity contribution is 0.0718. The van der Waals surface area contributed by atoms with Gasteiger partial charge in [-0.2, -0.15) is 0 Å². The van der Waals surface area contributed by atoms with Gasteiger partial charge >= 0.3 is 11.9 Å². The quantitative estimate of drug-likeness (QED) is 0.431. The number of aryl methyl sites for hydroxylation is 2. The zero-order chi connectivity index (χ0) is 20.8. The summed E-state index contributed by atoms with van der Waals surface area (Å²) >= 11 is 0. The van der Waals surface area contributed by atoms with Gasteiger partial charge in [0.2, 0.25) is 0 Å². The molecule has 5 heteroatoms. The highest BCUT2D eigenvalue weighted by Crippen LogP contribution is 2.25. The number of hydrogen-bond acceptors (Lipinski definition) is 5. The summed E-state index contributed by atoms with van der Waals surface area (Å²) in [5.74, 6) is 0.567. The van der Waals surface area contributed by atoms with Crippen LogP contribution < -0.4 is 14.2 Å². The summed E-state index contributed by atoms with van der Waals surface area (Å²) < 4.78 is 16.2. The van der Waals surface area contributed by atoms with Crippen molar-refractivity contribution in [3.63, 3.8) is 0 Å². The number of benzene rings is 3. The van der Waals surface area contributed by atoms with Gasteiger partial charge in [-0.1, -0.05) is 17.7 Å². The summed E-state index contributed by atoms with van der Waals surface area (Å²) in [5, 5.41) is 0. The van der Waals surface area contributed by atoms with E-state index in [1.165, 1.54) is 0 Å². The molecule has 0 aliphatic heterocycles. The maximum Gasteiger partial charge on any atom is 0.343 e. The largest absolute Gasteiger partial charge is 0.494 e. The van der Waals surface area contributed by atoms with Crippen molar-refractivity contribution >= 4 is 11.9 Å². The first-order valence-corrected chi connectivity index (χ1v) is 9.31. The molecule has 3 aromatic rings. The minimum Gasteiger partial charge on any atom is -0.494 e. The normalized spacial score (nSPS) is 10.3. The Morgan fingerprint density at radius 3 is 1.86 bits per heavy atom. The number of carbonyl (C=O) groups is 2. The predicted molar refractivity (Wildman–Crippen MR) is 110 cm³/mol. The van der Waals surface area contributed by atoms with Crippen LogP contribution in [0.1, 0.15) is 38.8 Å². The van der Waals surface area contributed by atoms with E-state index in [0.717, 1.165) is 5.56 Å². The minimum absolute atomic E-state index is 0.383. The van der Waals surface area contributed by atoms with Crippen molar-refractivity contribution < 1.29 is 23.8 Å². The molecule has 0 aliphatic carbocycles. The zero-order valence-corrected chi connectivity index (χ0v) is 16.6. The van der Waals surface area contributed by atoms with Crippen LogP contribution in [0, 0.1) is 13.8 Å². The standard InChI is InChI=1S/C24H22O5/c1-4-27-20-11-9-19(10-12-20)24(26)29-22-14-13-21(15-17(22)3)28-23(25)18-7-5-16(2)6-8-18/h5-15H,4H2,1-3H3. The highest BCUT2D eigenvalue weighted by molar-refractivity contribution is 5.92. The molecule has 0 atom stereocenters. The van der Waals surface area contributed by atoms with Gasteiger partial charge < -0.3 is 14.2 Å². The first-order valence-electron chi connectivity index (χ1n) is 9.31. The highest BCUT2D eigenvalue weighted by atomic mass is 16.5. The van der Waals surface area contributed by atoms with Crippen LogP contribution in [0.2, 0.25) is 0 Å². The first-order chi connectivity index (χ1) is 14.0. The van der Waals surface area contributed by atoms with Crippen LogP contribution in [-0.4, -0.2) is 18.5 Å². The summed E-state index contributed by atoms with van der Waals surface area (Å²) in [6, 6.07) is 18.8. The van der Waals surface area contributed by atoms with Gasteiger partial charge in [-0.05, 0) is 80.9 Å².